The third kappa shape index (κ3) is 9.12. The third-order valence-electron chi connectivity index (χ3n) is 2.01. The van der Waals surface area contributed by atoms with Gasteiger partial charge in [-0.1, -0.05) is 31.5 Å². The number of thiazole rings is 1. The molecule has 0 fully saturated rings. The van der Waals surface area contributed by atoms with Crippen molar-refractivity contribution in [2.24, 2.45) is 0 Å². The van der Waals surface area contributed by atoms with Crippen molar-refractivity contribution in [2.75, 3.05) is 0 Å². The Morgan fingerprint density at radius 1 is 1.14 bits per heavy atom. The molecule has 1 aromatic carbocycles. The molecule has 0 bridgehead atoms. The van der Waals surface area contributed by atoms with Crippen molar-refractivity contribution < 1.29 is 22.7 Å². The molecule has 0 aliphatic carbocycles. The second-order valence-corrected chi connectivity index (χ2v) is 4.83. The van der Waals surface area contributed by atoms with Gasteiger partial charge in [-0.25, -0.2) is 4.98 Å². The Morgan fingerprint density at radius 3 is 2.00 bits per heavy atom. The molecule has 0 spiro atoms. The number of carbonyl (C=O) groups is 1. The molecule has 0 radical (unpaired) electrons. The van der Waals surface area contributed by atoms with Crippen LogP contribution in [0.4, 0.5) is 13.2 Å². The number of nitrogens with zero attached hydrogens (tertiary/aromatic N) is 1. The van der Waals surface area contributed by atoms with E-state index in [-0.39, 0.29) is 5.75 Å². The largest absolute Gasteiger partial charge is 0.573 e. The van der Waals surface area contributed by atoms with Gasteiger partial charge in [0.05, 0.1) is 5.01 Å². The van der Waals surface area contributed by atoms with E-state index in [2.05, 4.69) is 9.72 Å². The van der Waals surface area contributed by atoms with Gasteiger partial charge in [-0.15, -0.1) is 24.5 Å². The lowest BCUT2D eigenvalue weighted by atomic mass is 10.2. The molecule has 0 unspecified atom stereocenters. The Balaban J connectivity index is 0.000000382. The highest BCUT2D eigenvalue weighted by Gasteiger charge is 2.30. The Bertz CT molecular complexity index is 551. The van der Waals surface area contributed by atoms with E-state index in [9.17, 15) is 18.0 Å². The summed E-state index contributed by atoms with van der Waals surface area (Å²) in [4.78, 5) is 13.8. The Morgan fingerprint density at radius 2 is 1.68 bits per heavy atom. The second kappa shape index (κ2) is 9.94. The van der Waals surface area contributed by atoms with Crippen LogP contribution in [-0.2, 0) is 0 Å². The zero-order chi connectivity index (χ0) is 17.2. The van der Waals surface area contributed by atoms with Crippen molar-refractivity contribution in [3.8, 4) is 5.75 Å². The first kappa shape index (κ1) is 20.1. The summed E-state index contributed by atoms with van der Waals surface area (Å²) >= 11 is 1.49. The van der Waals surface area contributed by atoms with Gasteiger partial charge in [0, 0.05) is 5.38 Å². The highest BCUT2D eigenvalue weighted by molar-refractivity contribution is 7.09. The van der Waals surface area contributed by atoms with Gasteiger partial charge in [0.1, 0.15) is 11.4 Å². The third-order valence-corrected chi connectivity index (χ3v) is 2.80. The van der Waals surface area contributed by atoms with Crippen LogP contribution in [0.3, 0.4) is 0 Å². The van der Waals surface area contributed by atoms with E-state index in [4.69, 9.17) is 0 Å². The number of carbonyl (C=O) groups excluding carboxylic acids is 1. The van der Waals surface area contributed by atoms with Crippen LogP contribution in [0.5, 0.6) is 5.75 Å². The fraction of sp³-hybridized carbons (Fsp3) is 0.333. The molecule has 22 heavy (non-hydrogen) atoms. The average Bonchev–Trinajstić information content (AvgIpc) is 2.89. The van der Waals surface area contributed by atoms with Gasteiger partial charge in [0.15, 0.2) is 6.29 Å². The number of ether oxygens (including phenoxy) is 1. The lowest BCUT2D eigenvalue weighted by molar-refractivity contribution is -0.274. The number of rotatable bonds is 2. The van der Waals surface area contributed by atoms with E-state index in [0.29, 0.717) is 5.69 Å². The van der Waals surface area contributed by atoms with E-state index in [1.807, 2.05) is 20.8 Å². The number of alkyl halides is 3. The molecule has 3 nitrogen and oxygen atoms in total. The number of aldehydes is 1. The molecule has 1 heterocycles. The van der Waals surface area contributed by atoms with E-state index in [0.717, 1.165) is 16.9 Å². The van der Waals surface area contributed by atoms with Gasteiger partial charge >= 0.3 is 6.36 Å². The predicted octanol–water partition coefficient (Wildman–Crippen LogP) is 5.18. The molecule has 0 saturated heterocycles. The fourth-order valence-corrected chi connectivity index (χ4v) is 1.73. The summed E-state index contributed by atoms with van der Waals surface area (Å²) in [5, 5.41) is 2.68. The van der Waals surface area contributed by atoms with Gasteiger partial charge in [0.25, 0.3) is 0 Å². The number of benzene rings is 1. The number of hydrogen-bond acceptors (Lipinski definition) is 4. The summed E-state index contributed by atoms with van der Waals surface area (Å²) in [7, 11) is 0. The molecule has 122 valence electrons. The maximum Gasteiger partial charge on any atom is 0.573 e. The Labute approximate surface area is 131 Å². The average molecular weight is 333 g/mol. The highest BCUT2D eigenvalue weighted by Crippen LogP contribution is 2.22. The van der Waals surface area contributed by atoms with Gasteiger partial charge in [-0.2, -0.15) is 0 Å². The summed E-state index contributed by atoms with van der Waals surface area (Å²) in [5.41, 5.74) is 1.43. The molecule has 0 aliphatic rings. The van der Waals surface area contributed by atoms with Crippen LogP contribution in [0.15, 0.2) is 29.6 Å². The lowest BCUT2D eigenvalue weighted by Gasteiger charge is -2.08. The van der Waals surface area contributed by atoms with Gasteiger partial charge < -0.3 is 4.74 Å². The number of hydrogen-bond donors (Lipinski definition) is 0. The van der Waals surface area contributed by atoms with Crippen LogP contribution >= 0.6 is 11.3 Å². The molecular formula is C15H18F3NO2S. The first-order valence-electron chi connectivity index (χ1n) is 6.50. The summed E-state index contributed by atoms with van der Waals surface area (Å²) in [6.07, 6.45) is -3.85. The van der Waals surface area contributed by atoms with Crippen LogP contribution in [0.25, 0.3) is 0 Å². The maximum atomic E-state index is 11.6. The topological polar surface area (TPSA) is 39.2 Å². The van der Waals surface area contributed by atoms with E-state index < -0.39 is 6.36 Å². The monoisotopic (exact) mass is 333 g/mol. The minimum absolute atomic E-state index is 0.187. The second-order valence-electron chi connectivity index (χ2n) is 3.77. The molecule has 2 rings (SSSR count). The molecule has 0 amide bonds. The van der Waals surface area contributed by atoms with Crippen LogP contribution in [0.2, 0.25) is 0 Å². The van der Waals surface area contributed by atoms with Gasteiger partial charge in [0.2, 0.25) is 0 Å². The maximum absolute atomic E-state index is 11.6. The summed E-state index contributed by atoms with van der Waals surface area (Å²) in [6.45, 7) is 7.66. The zero-order valence-corrected chi connectivity index (χ0v) is 13.6. The Kier molecular flexibility index (Phi) is 9.09. The predicted molar refractivity (Wildman–Crippen MR) is 81.4 cm³/mol. The number of aromatic nitrogens is 1. The molecule has 0 N–H and O–H groups in total. The van der Waals surface area contributed by atoms with Crippen LogP contribution < -0.4 is 4.74 Å². The Hall–Kier alpha value is -1.89. The minimum Gasteiger partial charge on any atom is -0.406 e. The van der Waals surface area contributed by atoms with Crippen molar-refractivity contribution in [3.05, 3.63) is 45.9 Å². The highest BCUT2D eigenvalue weighted by atomic mass is 32.1. The van der Waals surface area contributed by atoms with Crippen molar-refractivity contribution >= 4 is 17.6 Å². The van der Waals surface area contributed by atoms with E-state index in [1.165, 1.54) is 23.5 Å². The lowest BCUT2D eigenvalue weighted by Crippen LogP contribution is -2.16. The molecule has 0 saturated carbocycles. The summed E-state index contributed by atoms with van der Waals surface area (Å²) in [5.74, 6) is -0.187. The molecule has 0 aliphatic heterocycles. The molecule has 1 aromatic heterocycles. The summed E-state index contributed by atoms with van der Waals surface area (Å²) in [6, 6.07) is 5.67. The number of halogens is 3. The van der Waals surface area contributed by atoms with E-state index >= 15 is 0 Å². The van der Waals surface area contributed by atoms with Crippen LogP contribution in [-0.4, -0.2) is 17.6 Å². The fourth-order valence-electron chi connectivity index (χ4n) is 1.17. The molecule has 0 atom stereocenters. The minimum atomic E-state index is -4.60. The van der Waals surface area contributed by atoms with Crippen LogP contribution in [0, 0.1) is 13.8 Å². The van der Waals surface area contributed by atoms with Gasteiger partial charge in [-0.3, -0.25) is 4.79 Å². The van der Waals surface area contributed by atoms with Crippen molar-refractivity contribution in [1.82, 2.24) is 4.98 Å². The number of aryl methyl sites for hydroxylation is 2. The van der Waals surface area contributed by atoms with Gasteiger partial charge in [-0.05, 0) is 26.0 Å². The normalized spacial score (nSPS) is 9.77. The molecule has 2 aromatic rings. The first-order valence-corrected chi connectivity index (χ1v) is 7.38. The molecular weight excluding hydrogens is 315 g/mol. The molecule has 7 heteroatoms. The van der Waals surface area contributed by atoms with Crippen molar-refractivity contribution in [2.45, 2.75) is 34.1 Å². The first-order chi connectivity index (χ1) is 10.3. The SMILES string of the molecule is CC.Cc1ccc(OC(F)(F)F)cc1.Cc1nc(C=O)cs1. The standard InChI is InChI=1S/C8H7F3O.C5H5NOS.C2H6/c1-6-2-4-7(5-3-6)12-8(9,10)11;1-4-6-5(2-7)3-8-4;1-2/h2-5H,1H3;2-3H,1H3;1-2H3. The summed E-state index contributed by atoms with van der Waals surface area (Å²) < 4.78 is 38.5. The quantitative estimate of drug-likeness (QED) is 0.711. The van der Waals surface area contributed by atoms with Crippen molar-refractivity contribution in [1.29, 1.82) is 0 Å². The zero-order valence-electron chi connectivity index (χ0n) is 12.8. The van der Waals surface area contributed by atoms with E-state index in [1.54, 1.807) is 24.4 Å². The van der Waals surface area contributed by atoms with Crippen molar-refractivity contribution in [3.63, 3.8) is 0 Å². The van der Waals surface area contributed by atoms with Crippen LogP contribution in [0.1, 0.15) is 34.9 Å². The smallest absolute Gasteiger partial charge is 0.406 e.